The molecule has 0 aromatic carbocycles. The molecule has 17 heavy (non-hydrogen) atoms. The molecule has 0 saturated carbocycles. The number of carbonyl (C=O) groups excluding carboxylic acids is 1. The number of carbonyl (C=O) groups is 1. The molecule has 1 rings (SSSR count). The topological polar surface area (TPSA) is 61.8 Å². The summed E-state index contributed by atoms with van der Waals surface area (Å²) in [6.07, 6.45) is 0.679. The van der Waals surface area contributed by atoms with E-state index in [0.717, 1.165) is 26.1 Å². The standard InChI is InChI=1S/C12H24N2O3/c1-12(2,3)17-11(16)13-5-7-14-6-4-10(8-14)9-15/h10,15H,4-9H2,1-3H3,(H,13,16). The zero-order valence-electron chi connectivity index (χ0n) is 11.0. The molecule has 0 aromatic rings. The molecule has 1 fully saturated rings. The van der Waals surface area contributed by atoms with E-state index in [1.54, 1.807) is 0 Å². The van der Waals surface area contributed by atoms with Crippen LogP contribution in [0.2, 0.25) is 0 Å². The summed E-state index contributed by atoms with van der Waals surface area (Å²) in [4.78, 5) is 13.6. The van der Waals surface area contributed by atoms with Crippen LogP contribution in [-0.2, 0) is 4.74 Å². The third-order valence-corrected chi connectivity index (χ3v) is 2.72. The first-order valence-corrected chi connectivity index (χ1v) is 6.21. The van der Waals surface area contributed by atoms with Gasteiger partial charge in [0.2, 0.25) is 0 Å². The molecule has 2 N–H and O–H groups in total. The van der Waals surface area contributed by atoms with Gasteiger partial charge in [-0.15, -0.1) is 0 Å². The van der Waals surface area contributed by atoms with Crippen LogP contribution in [0, 0.1) is 5.92 Å². The van der Waals surface area contributed by atoms with Crippen LogP contribution in [-0.4, -0.2) is 54.5 Å². The molecule has 1 amide bonds. The predicted molar refractivity (Wildman–Crippen MR) is 65.9 cm³/mol. The van der Waals surface area contributed by atoms with Crippen molar-refractivity contribution >= 4 is 6.09 Å². The van der Waals surface area contributed by atoms with E-state index in [1.807, 2.05) is 20.8 Å². The average molecular weight is 244 g/mol. The van der Waals surface area contributed by atoms with Gasteiger partial charge in [0.15, 0.2) is 0 Å². The van der Waals surface area contributed by atoms with Gasteiger partial charge in [-0.05, 0) is 39.7 Å². The number of rotatable bonds is 4. The van der Waals surface area contributed by atoms with Gasteiger partial charge in [0.05, 0.1) is 0 Å². The molecule has 0 aliphatic carbocycles. The van der Waals surface area contributed by atoms with E-state index < -0.39 is 5.60 Å². The van der Waals surface area contributed by atoms with Crippen molar-refractivity contribution in [1.29, 1.82) is 0 Å². The second-order valence-electron chi connectivity index (χ2n) is 5.57. The molecule has 1 saturated heterocycles. The van der Waals surface area contributed by atoms with Crippen molar-refractivity contribution in [2.45, 2.75) is 32.8 Å². The van der Waals surface area contributed by atoms with Crippen molar-refractivity contribution in [2.24, 2.45) is 5.92 Å². The van der Waals surface area contributed by atoms with Crippen LogP contribution in [0.1, 0.15) is 27.2 Å². The molecule has 5 heteroatoms. The number of amides is 1. The van der Waals surface area contributed by atoms with Gasteiger partial charge in [0.25, 0.3) is 0 Å². The van der Waals surface area contributed by atoms with Crippen LogP contribution in [0.5, 0.6) is 0 Å². The zero-order valence-corrected chi connectivity index (χ0v) is 11.0. The van der Waals surface area contributed by atoms with Gasteiger partial charge in [-0.3, -0.25) is 0 Å². The van der Waals surface area contributed by atoms with Gasteiger partial charge in [-0.2, -0.15) is 0 Å². The summed E-state index contributed by atoms with van der Waals surface area (Å²) in [5.74, 6) is 0.400. The Labute approximate surface area is 103 Å². The van der Waals surface area contributed by atoms with Crippen LogP contribution in [0.25, 0.3) is 0 Å². The minimum absolute atomic E-state index is 0.260. The lowest BCUT2D eigenvalue weighted by Gasteiger charge is -2.21. The first-order chi connectivity index (χ1) is 7.90. The van der Waals surface area contributed by atoms with Gasteiger partial charge in [0.1, 0.15) is 5.60 Å². The molecule has 1 atom stereocenters. The van der Waals surface area contributed by atoms with Crippen LogP contribution in [0.15, 0.2) is 0 Å². The summed E-state index contributed by atoms with van der Waals surface area (Å²) < 4.78 is 5.14. The van der Waals surface area contributed by atoms with Crippen molar-refractivity contribution in [3.8, 4) is 0 Å². The highest BCUT2D eigenvalue weighted by molar-refractivity contribution is 5.67. The fourth-order valence-electron chi connectivity index (χ4n) is 1.90. The molecule has 1 heterocycles. The lowest BCUT2D eigenvalue weighted by atomic mass is 10.1. The Morgan fingerprint density at radius 2 is 2.24 bits per heavy atom. The Hall–Kier alpha value is -0.810. The normalized spacial score (nSPS) is 21.5. The number of hydrogen-bond acceptors (Lipinski definition) is 4. The smallest absolute Gasteiger partial charge is 0.407 e. The minimum Gasteiger partial charge on any atom is -0.444 e. The van der Waals surface area contributed by atoms with Crippen molar-refractivity contribution < 1.29 is 14.6 Å². The van der Waals surface area contributed by atoms with Crippen molar-refractivity contribution in [2.75, 3.05) is 32.8 Å². The van der Waals surface area contributed by atoms with Crippen LogP contribution in [0.4, 0.5) is 4.79 Å². The number of hydrogen-bond donors (Lipinski definition) is 2. The first-order valence-electron chi connectivity index (χ1n) is 6.21. The Bertz CT molecular complexity index is 251. The Morgan fingerprint density at radius 1 is 1.53 bits per heavy atom. The summed E-state index contributed by atoms with van der Waals surface area (Å²) in [5, 5.41) is 11.7. The minimum atomic E-state index is -0.445. The molecular weight excluding hydrogens is 220 g/mol. The second-order valence-corrected chi connectivity index (χ2v) is 5.57. The molecule has 0 aromatic heterocycles. The third-order valence-electron chi connectivity index (χ3n) is 2.72. The molecule has 0 spiro atoms. The van der Waals surface area contributed by atoms with Crippen LogP contribution in [0.3, 0.4) is 0 Å². The van der Waals surface area contributed by atoms with Crippen molar-refractivity contribution in [3.63, 3.8) is 0 Å². The Balaban J connectivity index is 2.10. The summed E-state index contributed by atoms with van der Waals surface area (Å²) in [5.41, 5.74) is -0.445. The van der Waals surface area contributed by atoms with Gasteiger partial charge in [-0.1, -0.05) is 0 Å². The maximum atomic E-state index is 11.4. The van der Waals surface area contributed by atoms with Crippen LogP contribution >= 0.6 is 0 Å². The van der Waals surface area contributed by atoms with Gasteiger partial charge in [-0.25, -0.2) is 4.79 Å². The molecule has 5 nitrogen and oxygen atoms in total. The molecule has 1 aliphatic rings. The molecule has 100 valence electrons. The maximum absolute atomic E-state index is 11.4. The van der Waals surface area contributed by atoms with E-state index in [9.17, 15) is 4.79 Å². The lowest BCUT2D eigenvalue weighted by Crippen LogP contribution is -2.37. The van der Waals surface area contributed by atoms with Gasteiger partial charge in [0, 0.05) is 26.2 Å². The second kappa shape index (κ2) is 6.21. The van der Waals surface area contributed by atoms with Crippen molar-refractivity contribution in [1.82, 2.24) is 10.2 Å². The number of nitrogens with zero attached hydrogens (tertiary/aromatic N) is 1. The highest BCUT2D eigenvalue weighted by atomic mass is 16.6. The quantitative estimate of drug-likeness (QED) is 0.769. The molecule has 0 radical (unpaired) electrons. The number of alkyl carbamates (subject to hydrolysis) is 1. The van der Waals surface area contributed by atoms with Gasteiger partial charge >= 0.3 is 6.09 Å². The number of aliphatic hydroxyl groups excluding tert-OH is 1. The van der Waals surface area contributed by atoms with E-state index >= 15 is 0 Å². The van der Waals surface area contributed by atoms with E-state index in [2.05, 4.69) is 10.2 Å². The third kappa shape index (κ3) is 5.89. The van der Waals surface area contributed by atoms with Gasteiger partial charge < -0.3 is 20.1 Å². The lowest BCUT2D eigenvalue weighted by molar-refractivity contribution is 0.0523. The largest absolute Gasteiger partial charge is 0.444 e. The first kappa shape index (κ1) is 14.3. The zero-order chi connectivity index (χ0) is 12.9. The van der Waals surface area contributed by atoms with E-state index in [4.69, 9.17) is 9.84 Å². The number of aliphatic hydroxyl groups is 1. The predicted octanol–water partition coefficient (Wildman–Crippen LogP) is 0.825. The monoisotopic (exact) mass is 244 g/mol. The van der Waals surface area contributed by atoms with E-state index in [-0.39, 0.29) is 12.7 Å². The summed E-state index contributed by atoms with van der Waals surface area (Å²) in [6, 6.07) is 0. The Kier molecular flexibility index (Phi) is 5.21. The highest BCUT2D eigenvalue weighted by Gasteiger charge is 2.21. The van der Waals surface area contributed by atoms with Crippen molar-refractivity contribution in [3.05, 3.63) is 0 Å². The molecule has 1 unspecified atom stereocenters. The molecular formula is C12H24N2O3. The number of ether oxygens (including phenoxy) is 1. The molecule has 1 aliphatic heterocycles. The number of nitrogens with one attached hydrogen (secondary N) is 1. The fourth-order valence-corrected chi connectivity index (χ4v) is 1.90. The summed E-state index contributed by atoms with van der Waals surface area (Å²) in [6.45, 7) is 9.13. The number of likely N-dealkylation sites (tertiary alicyclic amines) is 1. The molecule has 0 bridgehead atoms. The SMILES string of the molecule is CC(C)(C)OC(=O)NCCN1CCC(CO)C1. The summed E-state index contributed by atoms with van der Waals surface area (Å²) in [7, 11) is 0. The van der Waals surface area contributed by atoms with E-state index in [0.29, 0.717) is 12.5 Å². The average Bonchev–Trinajstić information content (AvgIpc) is 2.63. The van der Waals surface area contributed by atoms with E-state index in [1.165, 1.54) is 0 Å². The highest BCUT2D eigenvalue weighted by Crippen LogP contribution is 2.14. The fraction of sp³-hybridized carbons (Fsp3) is 0.917. The summed E-state index contributed by atoms with van der Waals surface area (Å²) >= 11 is 0. The Morgan fingerprint density at radius 3 is 2.76 bits per heavy atom. The van der Waals surface area contributed by atoms with Crippen LogP contribution < -0.4 is 5.32 Å². The maximum Gasteiger partial charge on any atom is 0.407 e.